The largest absolute Gasteiger partial charge is 0.478 e. The molecule has 0 saturated heterocycles. The second-order valence-corrected chi connectivity index (χ2v) is 7.04. The van der Waals surface area contributed by atoms with Crippen LogP contribution in [0.15, 0.2) is 36.4 Å². The average molecular weight is 380 g/mol. The Balaban J connectivity index is 1.93. The van der Waals surface area contributed by atoms with E-state index >= 15 is 0 Å². The van der Waals surface area contributed by atoms with Gasteiger partial charge in [0.25, 0.3) is 5.91 Å². The predicted molar refractivity (Wildman–Crippen MR) is 97.9 cm³/mol. The summed E-state index contributed by atoms with van der Waals surface area (Å²) >= 11 is 13.5. The minimum atomic E-state index is -1.01. The average Bonchev–Trinajstić information content (AvgIpc) is 2.85. The number of amides is 1. The molecular weight excluding hydrogens is 369 g/mol. The van der Waals surface area contributed by atoms with Crippen LogP contribution >= 0.6 is 34.5 Å². The van der Waals surface area contributed by atoms with Crippen molar-refractivity contribution < 1.29 is 14.7 Å². The fourth-order valence-electron chi connectivity index (χ4n) is 2.30. The number of carboxylic acid groups (broad SMARTS) is 1. The van der Waals surface area contributed by atoms with Crippen molar-refractivity contribution in [1.29, 1.82) is 0 Å². The maximum absolute atomic E-state index is 12.5. The molecule has 24 heavy (non-hydrogen) atoms. The number of halogens is 2. The fourth-order valence-corrected chi connectivity index (χ4v) is 3.99. The zero-order valence-corrected chi connectivity index (χ0v) is 14.7. The van der Waals surface area contributed by atoms with Crippen LogP contribution in [-0.2, 0) is 0 Å². The summed E-state index contributed by atoms with van der Waals surface area (Å²) in [5.41, 5.74) is 1.36. The number of aromatic carboxylic acids is 1. The number of nitrogens with one attached hydrogen (secondary N) is 1. The molecule has 3 rings (SSSR count). The Morgan fingerprint density at radius 1 is 1.12 bits per heavy atom. The monoisotopic (exact) mass is 379 g/mol. The van der Waals surface area contributed by atoms with Gasteiger partial charge in [-0.25, -0.2) is 4.79 Å². The van der Waals surface area contributed by atoms with Gasteiger partial charge in [0.1, 0.15) is 4.88 Å². The summed E-state index contributed by atoms with van der Waals surface area (Å²) < 4.78 is 0.829. The number of carboxylic acids is 1. The minimum absolute atomic E-state index is 0.167. The van der Waals surface area contributed by atoms with Gasteiger partial charge in [-0.2, -0.15) is 0 Å². The lowest BCUT2D eigenvalue weighted by molar-refractivity contribution is 0.0696. The lowest BCUT2D eigenvalue weighted by Gasteiger charge is -2.08. The van der Waals surface area contributed by atoms with E-state index in [1.165, 1.54) is 23.5 Å². The van der Waals surface area contributed by atoms with E-state index in [0.717, 1.165) is 10.1 Å². The number of hydrogen-bond acceptors (Lipinski definition) is 3. The lowest BCUT2D eigenvalue weighted by Crippen LogP contribution is -2.12. The molecule has 0 unspecified atom stereocenters. The van der Waals surface area contributed by atoms with E-state index in [1.807, 2.05) is 0 Å². The Kier molecular flexibility index (Phi) is 4.49. The molecule has 2 N–H and O–H groups in total. The SMILES string of the molecule is Cc1cc(C(=O)O)ccc1NC(=O)c1sc2cc(Cl)ccc2c1Cl. The van der Waals surface area contributed by atoms with E-state index in [1.54, 1.807) is 31.2 Å². The number of fused-ring (bicyclic) bond motifs is 1. The number of anilines is 1. The molecule has 3 aromatic rings. The Morgan fingerprint density at radius 2 is 1.88 bits per heavy atom. The van der Waals surface area contributed by atoms with Crippen molar-refractivity contribution in [2.45, 2.75) is 6.92 Å². The molecule has 0 aliphatic rings. The van der Waals surface area contributed by atoms with Crippen molar-refractivity contribution in [2.24, 2.45) is 0 Å². The quantitative estimate of drug-likeness (QED) is 0.634. The number of carbonyl (C=O) groups is 2. The molecule has 122 valence electrons. The Morgan fingerprint density at radius 3 is 2.54 bits per heavy atom. The molecule has 1 amide bonds. The van der Waals surface area contributed by atoms with Gasteiger partial charge in [0.05, 0.1) is 10.6 Å². The van der Waals surface area contributed by atoms with Crippen molar-refractivity contribution in [3.05, 3.63) is 62.4 Å². The lowest BCUT2D eigenvalue weighted by atomic mass is 10.1. The number of rotatable bonds is 3. The van der Waals surface area contributed by atoms with E-state index < -0.39 is 5.97 Å². The topological polar surface area (TPSA) is 66.4 Å². The van der Waals surface area contributed by atoms with Gasteiger partial charge in [0.2, 0.25) is 0 Å². The molecule has 0 radical (unpaired) electrons. The third-order valence-corrected chi connectivity index (χ3v) is 5.41. The summed E-state index contributed by atoms with van der Waals surface area (Å²) in [7, 11) is 0. The maximum Gasteiger partial charge on any atom is 0.335 e. The zero-order valence-electron chi connectivity index (χ0n) is 12.4. The molecular formula is C17H11Cl2NO3S. The summed E-state index contributed by atoms with van der Waals surface area (Å²) in [5, 5.41) is 13.5. The van der Waals surface area contributed by atoms with Gasteiger partial charge >= 0.3 is 5.97 Å². The van der Waals surface area contributed by atoms with Crippen molar-refractivity contribution in [1.82, 2.24) is 0 Å². The standard InChI is InChI=1S/C17H11Cl2NO3S/c1-8-6-9(17(22)23)2-5-12(8)20-16(21)15-14(19)11-4-3-10(18)7-13(11)24-15/h2-7H,1H3,(H,20,21)(H,22,23). The second kappa shape index (κ2) is 6.43. The van der Waals surface area contributed by atoms with Crippen LogP contribution in [0, 0.1) is 6.92 Å². The summed E-state index contributed by atoms with van der Waals surface area (Å²) in [5.74, 6) is -1.36. The van der Waals surface area contributed by atoms with Gasteiger partial charge in [0.15, 0.2) is 0 Å². The van der Waals surface area contributed by atoms with Gasteiger partial charge in [-0.15, -0.1) is 11.3 Å². The molecule has 1 heterocycles. The number of carbonyl (C=O) groups excluding carboxylic acids is 1. The Bertz CT molecular complexity index is 981. The molecule has 0 atom stereocenters. The van der Waals surface area contributed by atoms with E-state index in [2.05, 4.69) is 5.32 Å². The molecule has 0 saturated carbocycles. The molecule has 0 fully saturated rings. The third kappa shape index (κ3) is 3.11. The Labute approximate surface area is 151 Å². The number of aryl methyl sites for hydroxylation is 1. The van der Waals surface area contributed by atoms with E-state index in [-0.39, 0.29) is 11.5 Å². The summed E-state index contributed by atoms with van der Waals surface area (Å²) in [4.78, 5) is 23.9. The molecule has 7 heteroatoms. The highest BCUT2D eigenvalue weighted by Gasteiger charge is 2.18. The van der Waals surface area contributed by atoms with Crippen molar-refractivity contribution in [2.75, 3.05) is 5.32 Å². The highest BCUT2D eigenvalue weighted by Crippen LogP contribution is 2.37. The molecule has 1 aromatic heterocycles. The number of hydrogen-bond donors (Lipinski definition) is 2. The highest BCUT2D eigenvalue weighted by atomic mass is 35.5. The number of benzene rings is 2. The van der Waals surface area contributed by atoms with Gasteiger partial charge in [-0.1, -0.05) is 29.3 Å². The first kappa shape index (κ1) is 16.8. The first-order valence-corrected chi connectivity index (χ1v) is 8.47. The molecule has 2 aromatic carbocycles. The van der Waals surface area contributed by atoms with Crippen LogP contribution in [0.3, 0.4) is 0 Å². The Hall–Kier alpha value is -2.08. The molecule has 0 spiro atoms. The minimum Gasteiger partial charge on any atom is -0.478 e. The van der Waals surface area contributed by atoms with E-state index in [9.17, 15) is 9.59 Å². The highest BCUT2D eigenvalue weighted by molar-refractivity contribution is 7.21. The van der Waals surface area contributed by atoms with Gasteiger partial charge in [0, 0.05) is 20.8 Å². The van der Waals surface area contributed by atoms with Crippen LogP contribution in [0.1, 0.15) is 25.6 Å². The van der Waals surface area contributed by atoms with Crippen molar-refractivity contribution in [3.8, 4) is 0 Å². The smallest absolute Gasteiger partial charge is 0.335 e. The van der Waals surface area contributed by atoms with Crippen LogP contribution < -0.4 is 5.32 Å². The van der Waals surface area contributed by atoms with E-state index in [0.29, 0.717) is 26.2 Å². The van der Waals surface area contributed by atoms with Crippen molar-refractivity contribution >= 4 is 62.2 Å². The molecule has 0 aliphatic carbocycles. The summed E-state index contributed by atoms with van der Waals surface area (Å²) in [6.45, 7) is 1.73. The van der Waals surface area contributed by atoms with Crippen LogP contribution in [-0.4, -0.2) is 17.0 Å². The number of thiophene rings is 1. The predicted octanol–water partition coefficient (Wildman–Crippen LogP) is 5.47. The van der Waals surface area contributed by atoms with Gasteiger partial charge < -0.3 is 10.4 Å². The molecule has 0 aliphatic heterocycles. The van der Waals surface area contributed by atoms with Crippen LogP contribution in [0.2, 0.25) is 10.0 Å². The third-order valence-electron chi connectivity index (χ3n) is 3.52. The summed E-state index contributed by atoms with van der Waals surface area (Å²) in [6.07, 6.45) is 0. The van der Waals surface area contributed by atoms with Crippen LogP contribution in [0.4, 0.5) is 5.69 Å². The molecule has 0 bridgehead atoms. The van der Waals surface area contributed by atoms with Gasteiger partial charge in [-0.05, 0) is 42.8 Å². The first-order chi connectivity index (χ1) is 11.4. The fraction of sp³-hybridized carbons (Fsp3) is 0.0588. The summed E-state index contributed by atoms with van der Waals surface area (Å²) in [6, 6.07) is 9.77. The van der Waals surface area contributed by atoms with Crippen molar-refractivity contribution in [3.63, 3.8) is 0 Å². The van der Waals surface area contributed by atoms with Crippen LogP contribution in [0.25, 0.3) is 10.1 Å². The van der Waals surface area contributed by atoms with Crippen LogP contribution in [0.5, 0.6) is 0 Å². The maximum atomic E-state index is 12.5. The van der Waals surface area contributed by atoms with E-state index in [4.69, 9.17) is 28.3 Å². The van der Waals surface area contributed by atoms with Gasteiger partial charge in [-0.3, -0.25) is 4.79 Å². The molecule has 4 nitrogen and oxygen atoms in total. The first-order valence-electron chi connectivity index (χ1n) is 6.89. The normalized spacial score (nSPS) is 10.8. The zero-order chi connectivity index (χ0) is 17.4. The second-order valence-electron chi connectivity index (χ2n) is 5.17.